The predicted molar refractivity (Wildman–Crippen MR) is 76.9 cm³/mol. The van der Waals surface area contributed by atoms with Gasteiger partial charge in [0.2, 0.25) is 0 Å². The Hall–Kier alpha value is -1.39. The minimum absolute atomic E-state index is 0.118. The standard InChI is InChI=1S/C13H13Cl2N3O/c14-4-8-18(9-5-15)13(19)10-2-1-3-11-12(10)17-7-6-16-11/h1-3,6-7H,4-5,8-9H2. The first-order valence-corrected chi connectivity index (χ1v) is 6.95. The summed E-state index contributed by atoms with van der Waals surface area (Å²) in [6.07, 6.45) is 3.18. The predicted octanol–water partition coefficient (Wildman–Crippen LogP) is 2.55. The van der Waals surface area contributed by atoms with E-state index >= 15 is 0 Å². The van der Waals surface area contributed by atoms with E-state index in [1.807, 2.05) is 6.07 Å². The van der Waals surface area contributed by atoms with Gasteiger partial charge in [-0.3, -0.25) is 14.8 Å². The molecule has 2 aromatic rings. The second kappa shape index (κ2) is 6.68. The lowest BCUT2D eigenvalue weighted by Crippen LogP contribution is -2.34. The third-order valence-corrected chi connectivity index (χ3v) is 3.06. The minimum atomic E-state index is -0.118. The van der Waals surface area contributed by atoms with Crippen molar-refractivity contribution in [3.8, 4) is 0 Å². The van der Waals surface area contributed by atoms with Gasteiger partial charge in [-0.05, 0) is 12.1 Å². The minimum Gasteiger partial charge on any atom is -0.336 e. The zero-order valence-corrected chi connectivity index (χ0v) is 11.7. The number of hydrogen-bond donors (Lipinski definition) is 0. The van der Waals surface area contributed by atoms with E-state index in [-0.39, 0.29) is 5.91 Å². The lowest BCUT2D eigenvalue weighted by atomic mass is 10.1. The molecule has 1 amide bonds. The van der Waals surface area contributed by atoms with Crippen LogP contribution in [0.15, 0.2) is 30.6 Å². The maximum absolute atomic E-state index is 12.5. The van der Waals surface area contributed by atoms with Crippen molar-refractivity contribution in [1.29, 1.82) is 0 Å². The van der Waals surface area contributed by atoms with Crippen LogP contribution in [0.25, 0.3) is 11.0 Å². The van der Waals surface area contributed by atoms with Gasteiger partial charge in [0.1, 0.15) is 5.52 Å². The Morgan fingerprint density at radius 2 is 1.79 bits per heavy atom. The maximum atomic E-state index is 12.5. The molecule has 100 valence electrons. The zero-order valence-electron chi connectivity index (χ0n) is 10.2. The molecule has 0 fully saturated rings. The van der Waals surface area contributed by atoms with Gasteiger partial charge in [-0.15, -0.1) is 23.2 Å². The number of carbonyl (C=O) groups is 1. The number of hydrogen-bond acceptors (Lipinski definition) is 3. The number of aromatic nitrogens is 2. The fourth-order valence-corrected chi connectivity index (χ4v) is 2.26. The molecule has 0 radical (unpaired) electrons. The first-order chi connectivity index (χ1) is 9.27. The van der Waals surface area contributed by atoms with Crippen molar-refractivity contribution in [1.82, 2.24) is 14.9 Å². The number of rotatable bonds is 5. The smallest absolute Gasteiger partial charge is 0.256 e. The highest BCUT2D eigenvalue weighted by Crippen LogP contribution is 2.16. The quantitative estimate of drug-likeness (QED) is 0.797. The van der Waals surface area contributed by atoms with Crippen LogP contribution >= 0.6 is 23.2 Å². The SMILES string of the molecule is O=C(c1cccc2nccnc12)N(CCCl)CCCl. The van der Waals surface area contributed by atoms with E-state index < -0.39 is 0 Å². The van der Waals surface area contributed by atoms with E-state index in [1.165, 1.54) is 0 Å². The van der Waals surface area contributed by atoms with E-state index in [2.05, 4.69) is 9.97 Å². The lowest BCUT2D eigenvalue weighted by Gasteiger charge is -2.20. The molecule has 0 spiro atoms. The number of fused-ring (bicyclic) bond motifs is 1. The van der Waals surface area contributed by atoms with Gasteiger partial charge in [-0.1, -0.05) is 6.07 Å². The second-order valence-electron chi connectivity index (χ2n) is 3.90. The molecule has 19 heavy (non-hydrogen) atoms. The van der Waals surface area contributed by atoms with Crippen LogP contribution in [-0.4, -0.2) is 45.6 Å². The summed E-state index contributed by atoms with van der Waals surface area (Å²) in [5.41, 5.74) is 1.83. The summed E-state index contributed by atoms with van der Waals surface area (Å²) in [5, 5.41) is 0. The van der Waals surface area contributed by atoms with Gasteiger partial charge in [0.05, 0.1) is 11.1 Å². The van der Waals surface area contributed by atoms with Gasteiger partial charge in [0.25, 0.3) is 5.91 Å². The van der Waals surface area contributed by atoms with E-state index in [0.717, 1.165) is 0 Å². The summed E-state index contributed by atoms with van der Waals surface area (Å²) in [6.45, 7) is 0.924. The van der Waals surface area contributed by atoms with Crippen molar-refractivity contribution >= 4 is 40.1 Å². The number of para-hydroxylation sites is 1. The molecule has 1 heterocycles. The molecule has 0 unspecified atom stereocenters. The molecule has 0 saturated heterocycles. The molecule has 0 aliphatic heterocycles. The highest BCUT2D eigenvalue weighted by molar-refractivity contribution is 6.19. The molecule has 2 rings (SSSR count). The Balaban J connectivity index is 2.39. The molecule has 4 nitrogen and oxygen atoms in total. The number of nitrogens with zero attached hydrogens (tertiary/aromatic N) is 3. The third-order valence-electron chi connectivity index (χ3n) is 2.73. The Bertz CT molecular complexity index is 565. The number of benzene rings is 1. The van der Waals surface area contributed by atoms with Gasteiger partial charge >= 0.3 is 0 Å². The molecule has 0 bridgehead atoms. The molecule has 0 aliphatic carbocycles. The van der Waals surface area contributed by atoms with Crippen LogP contribution in [-0.2, 0) is 0 Å². The normalized spacial score (nSPS) is 10.6. The Labute approximate surface area is 121 Å². The molecule has 0 atom stereocenters. The summed E-state index contributed by atoms with van der Waals surface area (Å²) in [7, 11) is 0. The zero-order chi connectivity index (χ0) is 13.7. The van der Waals surface area contributed by atoms with E-state index in [0.29, 0.717) is 41.4 Å². The number of carbonyl (C=O) groups excluding carboxylic acids is 1. The molecular weight excluding hydrogens is 285 g/mol. The van der Waals surface area contributed by atoms with Crippen LogP contribution in [0.1, 0.15) is 10.4 Å². The average Bonchev–Trinajstić information content (AvgIpc) is 2.46. The largest absolute Gasteiger partial charge is 0.336 e. The van der Waals surface area contributed by atoms with Crippen LogP contribution in [0.2, 0.25) is 0 Å². The number of alkyl halides is 2. The van der Waals surface area contributed by atoms with E-state index in [9.17, 15) is 4.79 Å². The van der Waals surface area contributed by atoms with Gasteiger partial charge in [0, 0.05) is 37.2 Å². The monoisotopic (exact) mass is 297 g/mol. The fourth-order valence-electron chi connectivity index (χ4n) is 1.85. The average molecular weight is 298 g/mol. The first-order valence-electron chi connectivity index (χ1n) is 5.89. The lowest BCUT2D eigenvalue weighted by molar-refractivity contribution is 0.0777. The molecule has 0 N–H and O–H groups in total. The van der Waals surface area contributed by atoms with Gasteiger partial charge in [-0.25, -0.2) is 0 Å². The summed E-state index contributed by atoms with van der Waals surface area (Å²) in [4.78, 5) is 22.5. The topological polar surface area (TPSA) is 46.1 Å². The third kappa shape index (κ3) is 3.14. The van der Waals surface area contributed by atoms with Crippen molar-refractivity contribution in [2.24, 2.45) is 0 Å². The molecule has 1 aromatic heterocycles. The van der Waals surface area contributed by atoms with Crippen molar-refractivity contribution in [2.75, 3.05) is 24.8 Å². The van der Waals surface area contributed by atoms with Crippen molar-refractivity contribution < 1.29 is 4.79 Å². The van der Waals surface area contributed by atoms with Gasteiger partial charge in [-0.2, -0.15) is 0 Å². The molecule has 0 saturated carbocycles. The molecular formula is C13H13Cl2N3O. The van der Waals surface area contributed by atoms with Crippen LogP contribution in [0.5, 0.6) is 0 Å². The van der Waals surface area contributed by atoms with Crippen molar-refractivity contribution in [2.45, 2.75) is 0 Å². The Kier molecular flexibility index (Phi) is 4.93. The highest BCUT2D eigenvalue weighted by atomic mass is 35.5. The van der Waals surface area contributed by atoms with E-state index in [1.54, 1.807) is 29.4 Å². The van der Waals surface area contributed by atoms with Crippen molar-refractivity contribution in [3.05, 3.63) is 36.2 Å². The number of halogens is 2. The maximum Gasteiger partial charge on any atom is 0.256 e. The van der Waals surface area contributed by atoms with Crippen LogP contribution in [0, 0.1) is 0 Å². The molecule has 1 aromatic carbocycles. The highest BCUT2D eigenvalue weighted by Gasteiger charge is 2.17. The van der Waals surface area contributed by atoms with Crippen LogP contribution in [0.3, 0.4) is 0 Å². The van der Waals surface area contributed by atoms with E-state index in [4.69, 9.17) is 23.2 Å². The summed E-state index contributed by atoms with van der Waals surface area (Å²) in [6, 6.07) is 5.37. The molecule has 0 aliphatic rings. The van der Waals surface area contributed by atoms with Crippen LogP contribution in [0.4, 0.5) is 0 Å². The Morgan fingerprint density at radius 3 is 2.47 bits per heavy atom. The fraction of sp³-hybridized carbons (Fsp3) is 0.308. The first kappa shape index (κ1) is 14.0. The summed E-state index contributed by atoms with van der Waals surface area (Å²) < 4.78 is 0. The summed E-state index contributed by atoms with van der Waals surface area (Å²) >= 11 is 11.4. The van der Waals surface area contributed by atoms with Gasteiger partial charge in [0.15, 0.2) is 0 Å². The second-order valence-corrected chi connectivity index (χ2v) is 4.66. The van der Waals surface area contributed by atoms with Crippen molar-refractivity contribution in [3.63, 3.8) is 0 Å². The number of amides is 1. The van der Waals surface area contributed by atoms with Crippen LogP contribution < -0.4 is 0 Å². The Morgan fingerprint density at radius 1 is 1.11 bits per heavy atom. The molecule has 6 heteroatoms. The van der Waals surface area contributed by atoms with Gasteiger partial charge < -0.3 is 4.90 Å². The summed E-state index contributed by atoms with van der Waals surface area (Å²) in [5.74, 6) is 0.630.